The topological polar surface area (TPSA) is 38.9 Å². The van der Waals surface area contributed by atoms with Crippen LogP contribution in [0.5, 0.6) is 0 Å². The molecule has 2 N–H and O–H groups in total. The number of aryl methyl sites for hydroxylation is 1. The Balaban J connectivity index is 1.70. The van der Waals surface area contributed by atoms with Crippen molar-refractivity contribution in [3.63, 3.8) is 0 Å². The summed E-state index contributed by atoms with van der Waals surface area (Å²) in [5.74, 6) is 2.90. The number of nitrogens with two attached hydrogens (primary N) is 1. The van der Waals surface area contributed by atoms with E-state index in [4.69, 9.17) is 5.73 Å². The van der Waals surface area contributed by atoms with Gasteiger partial charge in [-0.2, -0.15) is 0 Å². The number of hydrogen-bond acceptors (Lipinski definition) is 2. The Bertz CT molecular complexity index is 459. The van der Waals surface area contributed by atoms with Gasteiger partial charge in [0.15, 0.2) is 0 Å². The van der Waals surface area contributed by atoms with Gasteiger partial charge < -0.3 is 5.73 Å². The molecule has 4 bridgehead atoms. The molecular weight excluding hydrogens is 232 g/mol. The average Bonchev–Trinajstić information content (AvgIpc) is 2.37. The number of aromatic nitrogens is 1. The van der Waals surface area contributed by atoms with Crippen molar-refractivity contribution in [2.24, 2.45) is 28.9 Å². The minimum Gasteiger partial charge on any atom is -0.323 e. The number of pyridine rings is 1. The van der Waals surface area contributed by atoms with Gasteiger partial charge in [-0.1, -0.05) is 0 Å². The number of nitrogens with zero attached hydrogens (tertiary/aromatic N) is 1. The molecule has 102 valence electrons. The van der Waals surface area contributed by atoms with Crippen LogP contribution in [-0.4, -0.2) is 4.98 Å². The maximum atomic E-state index is 6.75. The Hall–Kier alpha value is -0.890. The lowest BCUT2D eigenvalue weighted by atomic mass is 9.47. The molecule has 4 fully saturated rings. The van der Waals surface area contributed by atoms with E-state index in [9.17, 15) is 0 Å². The molecule has 0 amide bonds. The quantitative estimate of drug-likeness (QED) is 0.878. The summed E-state index contributed by atoms with van der Waals surface area (Å²) >= 11 is 0. The molecule has 2 nitrogen and oxygen atoms in total. The van der Waals surface area contributed by atoms with Crippen LogP contribution >= 0.6 is 0 Å². The van der Waals surface area contributed by atoms with E-state index in [1.807, 2.05) is 12.4 Å². The molecule has 4 aliphatic carbocycles. The van der Waals surface area contributed by atoms with Gasteiger partial charge in [0, 0.05) is 18.4 Å². The van der Waals surface area contributed by atoms with Crippen molar-refractivity contribution >= 4 is 0 Å². The van der Waals surface area contributed by atoms with Crippen LogP contribution in [-0.2, 0) is 0 Å². The van der Waals surface area contributed by atoms with Crippen LogP contribution in [0.15, 0.2) is 18.5 Å². The molecule has 4 saturated carbocycles. The van der Waals surface area contributed by atoms with Gasteiger partial charge in [-0.05, 0) is 85.8 Å². The Labute approximate surface area is 115 Å². The molecule has 1 atom stereocenters. The average molecular weight is 256 g/mol. The van der Waals surface area contributed by atoms with Crippen molar-refractivity contribution in [3.05, 3.63) is 29.6 Å². The highest BCUT2D eigenvalue weighted by Gasteiger charge is 2.53. The van der Waals surface area contributed by atoms with E-state index in [0.717, 1.165) is 17.8 Å². The van der Waals surface area contributed by atoms with Gasteiger partial charge >= 0.3 is 0 Å². The van der Waals surface area contributed by atoms with Gasteiger partial charge in [0.2, 0.25) is 0 Å². The predicted molar refractivity (Wildman–Crippen MR) is 76.5 cm³/mol. The molecular formula is C17H24N2. The van der Waals surface area contributed by atoms with Gasteiger partial charge in [0.05, 0.1) is 0 Å². The SMILES string of the molecule is Cc1ccncc1C(N)C12CC3CC(CC(C3)C1)C2. The molecule has 0 aliphatic heterocycles. The van der Waals surface area contributed by atoms with Crippen LogP contribution in [0.3, 0.4) is 0 Å². The largest absolute Gasteiger partial charge is 0.323 e. The van der Waals surface area contributed by atoms with Gasteiger partial charge in [-0.3, -0.25) is 4.98 Å². The zero-order chi connectivity index (χ0) is 13.0. The molecule has 0 spiro atoms. The summed E-state index contributed by atoms with van der Waals surface area (Å²) in [5.41, 5.74) is 9.76. The number of rotatable bonds is 2. The molecule has 4 aliphatic rings. The standard InChI is InChI=1S/C17H24N2/c1-11-2-3-19-10-15(11)16(18)17-7-12-4-13(8-17)6-14(5-12)9-17/h2-3,10,12-14,16H,4-9,18H2,1H3. The third-order valence-corrected chi connectivity index (χ3v) is 6.16. The van der Waals surface area contributed by atoms with Crippen LogP contribution in [0.25, 0.3) is 0 Å². The molecule has 5 rings (SSSR count). The highest BCUT2D eigenvalue weighted by atomic mass is 14.8. The lowest BCUT2D eigenvalue weighted by molar-refractivity contribution is -0.0679. The summed E-state index contributed by atoms with van der Waals surface area (Å²) in [6.45, 7) is 2.18. The molecule has 0 saturated heterocycles. The van der Waals surface area contributed by atoms with Crippen LogP contribution in [0, 0.1) is 30.1 Å². The van der Waals surface area contributed by atoms with E-state index in [2.05, 4.69) is 18.0 Å². The fourth-order valence-corrected chi connectivity index (χ4v) is 5.69. The first kappa shape index (κ1) is 11.9. The van der Waals surface area contributed by atoms with Crippen LogP contribution in [0.2, 0.25) is 0 Å². The van der Waals surface area contributed by atoms with Gasteiger partial charge in [-0.15, -0.1) is 0 Å². The van der Waals surface area contributed by atoms with Crippen LogP contribution in [0.1, 0.15) is 55.7 Å². The van der Waals surface area contributed by atoms with Crippen molar-refractivity contribution in [1.82, 2.24) is 4.98 Å². The fourth-order valence-electron chi connectivity index (χ4n) is 5.69. The maximum absolute atomic E-state index is 6.75. The Morgan fingerprint density at radius 3 is 2.26 bits per heavy atom. The van der Waals surface area contributed by atoms with Crippen molar-refractivity contribution in [3.8, 4) is 0 Å². The summed E-state index contributed by atoms with van der Waals surface area (Å²) < 4.78 is 0. The third-order valence-electron chi connectivity index (χ3n) is 6.16. The Morgan fingerprint density at radius 1 is 1.16 bits per heavy atom. The Morgan fingerprint density at radius 2 is 1.74 bits per heavy atom. The molecule has 1 heterocycles. The second kappa shape index (κ2) is 4.05. The van der Waals surface area contributed by atoms with Gasteiger partial charge in [-0.25, -0.2) is 0 Å². The lowest BCUT2D eigenvalue weighted by Gasteiger charge is -2.59. The first-order valence-corrected chi connectivity index (χ1v) is 7.82. The molecule has 1 aromatic heterocycles. The second-order valence-electron chi connectivity index (χ2n) is 7.49. The molecule has 0 radical (unpaired) electrons. The molecule has 1 unspecified atom stereocenters. The zero-order valence-electron chi connectivity index (χ0n) is 11.8. The van der Waals surface area contributed by atoms with Crippen LogP contribution in [0.4, 0.5) is 0 Å². The van der Waals surface area contributed by atoms with Crippen molar-refractivity contribution in [2.45, 2.75) is 51.5 Å². The summed E-state index contributed by atoms with van der Waals surface area (Å²) in [5, 5.41) is 0. The van der Waals surface area contributed by atoms with Crippen LogP contribution < -0.4 is 5.73 Å². The van der Waals surface area contributed by atoms with E-state index in [1.54, 1.807) is 0 Å². The first-order chi connectivity index (χ1) is 9.16. The highest BCUT2D eigenvalue weighted by molar-refractivity contribution is 5.28. The molecule has 19 heavy (non-hydrogen) atoms. The monoisotopic (exact) mass is 256 g/mol. The van der Waals surface area contributed by atoms with Crippen molar-refractivity contribution in [2.75, 3.05) is 0 Å². The first-order valence-electron chi connectivity index (χ1n) is 7.82. The van der Waals surface area contributed by atoms with E-state index in [1.165, 1.54) is 49.7 Å². The van der Waals surface area contributed by atoms with Gasteiger partial charge in [0.25, 0.3) is 0 Å². The van der Waals surface area contributed by atoms with E-state index < -0.39 is 0 Å². The normalized spacial score (nSPS) is 41.5. The molecule has 1 aromatic rings. The summed E-state index contributed by atoms with van der Waals surface area (Å²) in [4.78, 5) is 4.31. The van der Waals surface area contributed by atoms with Gasteiger partial charge in [0.1, 0.15) is 0 Å². The lowest BCUT2D eigenvalue weighted by Crippen LogP contribution is -2.51. The van der Waals surface area contributed by atoms with E-state index in [0.29, 0.717) is 5.41 Å². The number of hydrogen-bond donors (Lipinski definition) is 1. The second-order valence-corrected chi connectivity index (χ2v) is 7.49. The van der Waals surface area contributed by atoms with E-state index in [-0.39, 0.29) is 6.04 Å². The maximum Gasteiger partial charge on any atom is 0.0370 e. The minimum atomic E-state index is 0.203. The predicted octanol–water partition coefficient (Wildman–Crippen LogP) is 3.61. The minimum absolute atomic E-state index is 0.203. The molecule has 0 aromatic carbocycles. The Kier molecular flexibility index (Phi) is 2.54. The fraction of sp³-hybridized carbons (Fsp3) is 0.706. The van der Waals surface area contributed by atoms with E-state index >= 15 is 0 Å². The third kappa shape index (κ3) is 1.76. The van der Waals surface area contributed by atoms with Crippen molar-refractivity contribution in [1.29, 1.82) is 0 Å². The summed E-state index contributed by atoms with van der Waals surface area (Å²) in [6, 6.07) is 2.31. The highest BCUT2D eigenvalue weighted by Crippen LogP contribution is 2.63. The smallest absolute Gasteiger partial charge is 0.0370 e. The molecule has 2 heteroatoms. The van der Waals surface area contributed by atoms with Crippen molar-refractivity contribution < 1.29 is 0 Å². The zero-order valence-corrected chi connectivity index (χ0v) is 11.8. The summed E-state index contributed by atoms with van der Waals surface area (Å²) in [7, 11) is 0. The summed E-state index contributed by atoms with van der Waals surface area (Å²) in [6.07, 6.45) is 12.5.